The minimum Gasteiger partial charge on any atom is -0.409 e. The maximum Gasteiger partial charge on any atom is 0.168 e. The Morgan fingerprint density at radius 2 is 2.05 bits per heavy atom. The molecule has 6 nitrogen and oxygen atoms in total. The summed E-state index contributed by atoms with van der Waals surface area (Å²) in [5, 5.41) is 11.6. The van der Waals surface area contributed by atoms with E-state index in [1.165, 1.54) is 0 Å². The largest absolute Gasteiger partial charge is 0.409 e. The normalized spacial score (nSPS) is 19.1. The molecule has 1 aliphatic rings. The first-order valence-corrected chi connectivity index (χ1v) is 6.30. The van der Waals surface area contributed by atoms with Crippen LogP contribution in [0.2, 0.25) is 0 Å². The van der Waals surface area contributed by atoms with E-state index < -0.39 is 11.6 Å². The van der Waals surface area contributed by atoms with E-state index in [4.69, 9.17) is 10.9 Å². The van der Waals surface area contributed by atoms with Gasteiger partial charge < -0.3 is 15.8 Å². The number of nitrogens with zero attached hydrogens (tertiary/aromatic N) is 4. The molecular formula is C12H17F2N5O. The van der Waals surface area contributed by atoms with Gasteiger partial charge in [0.05, 0.1) is 12.2 Å². The molecule has 1 saturated heterocycles. The van der Waals surface area contributed by atoms with Crippen LogP contribution in [0.5, 0.6) is 0 Å². The summed E-state index contributed by atoms with van der Waals surface area (Å²) in [5.74, 6) is -1.06. The number of pyridine rings is 1. The van der Waals surface area contributed by atoms with Gasteiger partial charge in [-0.05, 0) is 6.92 Å². The first-order valence-electron chi connectivity index (χ1n) is 6.30. The lowest BCUT2D eigenvalue weighted by atomic mass is 10.2. The van der Waals surface area contributed by atoms with Crippen molar-refractivity contribution in [3.8, 4) is 0 Å². The van der Waals surface area contributed by atoms with Crippen molar-refractivity contribution >= 4 is 11.7 Å². The molecule has 0 amide bonds. The number of aromatic nitrogens is 1. The molecule has 8 heteroatoms. The number of hydrogen-bond donors (Lipinski definition) is 2. The Labute approximate surface area is 115 Å². The predicted molar refractivity (Wildman–Crippen MR) is 70.8 cm³/mol. The molecule has 110 valence electrons. The van der Waals surface area contributed by atoms with Crippen molar-refractivity contribution in [2.75, 3.05) is 31.1 Å². The fourth-order valence-electron chi connectivity index (χ4n) is 2.23. The summed E-state index contributed by atoms with van der Waals surface area (Å²) in [6.07, 6.45) is 1.00. The van der Waals surface area contributed by atoms with Gasteiger partial charge in [-0.2, -0.15) is 0 Å². The van der Waals surface area contributed by atoms with E-state index in [1.807, 2.05) is 11.8 Å². The van der Waals surface area contributed by atoms with Crippen molar-refractivity contribution < 1.29 is 14.0 Å². The van der Waals surface area contributed by atoms with E-state index >= 15 is 0 Å². The molecule has 0 spiro atoms. The summed E-state index contributed by atoms with van der Waals surface area (Å²) in [6.45, 7) is 4.16. The van der Waals surface area contributed by atoms with Crippen molar-refractivity contribution in [3.05, 3.63) is 23.9 Å². The highest BCUT2D eigenvalue weighted by molar-refractivity contribution is 5.84. The second-order valence-corrected chi connectivity index (χ2v) is 4.68. The molecule has 1 aromatic rings. The van der Waals surface area contributed by atoms with Crippen LogP contribution in [0.15, 0.2) is 17.4 Å². The third-order valence-corrected chi connectivity index (χ3v) is 3.49. The topological polar surface area (TPSA) is 78.0 Å². The maximum absolute atomic E-state index is 13.6. The molecule has 1 aromatic heterocycles. The second-order valence-electron chi connectivity index (χ2n) is 4.68. The molecule has 1 atom stereocenters. The molecule has 0 bridgehead atoms. The van der Waals surface area contributed by atoms with Crippen LogP contribution < -0.4 is 10.6 Å². The zero-order valence-corrected chi connectivity index (χ0v) is 11.1. The van der Waals surface area contributed by atoms with Crippen molar-refractivity contribution in [1.82, 2.24) is 9.88 Å². The number of piperazine rings is 1. The Kier molecular flexibility index (Phi) is 4.33. The van der Waals surface area contributed by atoms with Gasteiger partial charge >= 0.3 is 0 Å². The Hall–Kier alpha value is -1.96. The van der Waals surface area contributed by atoms with Crippen LogP contribution in [0.25, 0.3) is 0 Å². The molecule has 0 aliphatic carbocycles. The fraction of sp³-hybridized carbons (Fsp3) is 0.500. The number of nitrogens with two attached hydrogens (primary N) is 1. The lowest BCUT2D eigenvalue weighted by Crippen LogP contribution is -2.53. The van der Waals surface area contributed by atoms with Gasteiger partial charge in [-0.1, -0.05) is 5.16 Å². The molecule has 3 N–H and O–H groups in total. The fourth-order valence-corrected chi connectivity index (χ4v) is 2.23. The average molecular weight is 285 g/mol. The molecule has 20 heavy (non-hydrogen) atoms. The number of halogens is 2. The van der Waals surface area contributed by atoms with Gasteiger partial charge in [0, 0.05) is 32.2 Å². The van der Waals surface area contributed by atoms with Crippen LogP contribution in [0, 0.1) is 11.6 Å². The highest BCUT2D eigenvalue weighted by Crippen LogP contribution is 2.19. The summed E-state index contributed by atoms with van der Waals surface area (Å²) in [5.41, 5.74) is 5.56. The summed E-state index contributed by atoms with van der Waals surface area (Å²) in [4.78, 5) is 7.57. The summed E-state index contributed by atoms with van der Waals surface area (Å²) in [6, 6.07) is 0.640. The quantitative estimate of drug-likeness (QED) is 0.368. The van der Waals surface area contributed by atoms with Crippen LogP contribution in [0.4, 0.5) is 14.6 Å². The predicted octanol–water partition coefficient (Wildman–Crippen LogP) is 0.617. The van der Waals surface area contributed by atoms with Crippen molar-refractivity contribution in [2.24, 2.45) is 10.9 Å². The standard InChI is InChI=1S/C12H17F2N5O/c1-8(11(15)17-20)18-2-4-19(5-3-18)12-10(14)6-9(13)7-16-12/h6-8,20H,2-5H2,1H3,(H2,15,17). The van der Waals surface area contributed by atoms with E-state index in [-0.39, 0.29) is 17.7 Å². The first kappa shape index (κ1) is 14.4. The first-order chi connectivity index (χ1) is 9.52. The zero-order chi connectivity index (χ0) is 14.7. The van der Waals surface area contributed by atoms with Crippen LogP contribution >= 0.6 is 0 Å². The van der Waals surface area contributed by atoms with E-state index in [0.29, 0.717) is 26.2 Å². The second kappa shape index (κ2) is 6.00. The van der Waals surface area contributed by atoms with Crippen LogP contribution in [0.3, 0.4) is 0 Å². The Balaban J connectivity index is 2.01. The van der Waals surface area contributed by atoms with Crippen LogP contribution in [-0.4, -0.2) is 53.1 Å². The van der Waals surface area contributed by atoms with E-state index in [2.05, 4.69) is 10.1 Å². The maximum atomic E-state index is 13.6. The number of amidine groups is 1. The van der Waals surface area contributed by atoms with Crippen molar-refractivity contribution in [2.45, 2.75) is 13.0 Å². The summed E-state index contributed by atoms with van der Waals surface area (Å²) < 4.78 is 26.5. The van der Waals surface area contributed by atoms with Gasteiger partial charge in [0.15, 0.2) is 17.5 Å². The van der Waals surface area contributed by atoms with E-state index in [1.54, 1.807) is 4.90 Å². The SMILES string of the molecule is CC(C(N)=NO)N1CCN(c2ncc(F)cc2F)CC1. The molecule has 2 heterocycles. The third kappa shape index (κ3) is 2.96. The minimum atomic E-state index is -0.689. The number of anilines is 1. The monoisotopic (exact) mass is 285 g/mol. The van der Waals surface area contributed by atoms with Crippen molar-refractivity contribution in [3.63, 3.8) is 0 Å². The Morgan fingerprint density at radius 3 is 2.60 bits per heavy atom. The van der Waals surface area contributed by atoms with Crippen LogP contribution in [-0.2, 0) is 0 Å². The summed E-state index contributed by atoms with van der Waals surface area (Å²) in [7, 11) is 0. The van der Waals surface area contributed by atoms with Gasteiger partial charge in [0.2, 0.25) is 0 Å². The van der Waals surface area contributed by atoms with Crippen molar-refractivity contribution in [1.29, 1.82) is 0 Å². The average Bonchev–Trinajstić information content (AvgIpc) is 2.46. The van der Waals surface area contributed by atoms with Gasteiger partial charge in [-0.15, -0.1) is 0 Å². The number of rotatable bonds is 3. The van der Waals surface area contributed by atoms with Gasteiger partial charge in [0.25, 0.3) is 0 Å². The van der Waals surface area contributed by atoms with E-state index in [0.717, 1.165) is 12.3 Å². The Bertz CT molecular complexity index is 503. The van der Waals surface area contributed by atoms with Gasteiger partial charge in [-0.25, -0.2) is 13.8 Å². The molecule has 1 unspecified atom stereocenters. The molecular weight excluding hydrogens is 268 g/mol. The Morgan fingerprint density at radius 1 is 1.40 bits per heavy atom. The molecule has 0 aromatic carbocycles. The highest BCUT2D eigenvalue weighted by atomic mass is 19.1. The van der Waals surface area contributed by atoms with Gasteiger partial charge in [-0.3, -0.25) is 4.90 Å². The zero-order valence-electron chi connectivity index (χ0n) is 11.1. The molecule has 0 radical (unpaired) electrons. The third-order valence-electron chi connectivity index (χ3n) is 3.49. The van der Waals surface area contributed by atoms with Crippen LogP contribution in [0.1, 0.15) is 6.92 Å². The summed E-state index contributed by atoms with van der Waals surface area (Å²) >= 11 is 0. The number of oxime groups is 1. The smallest absolute Gasteiger partial charge is 0.168 e. The van der Waals surface area contributed by atoms with E-state index in [9.17, 15) is 8.78 Å². The minimum absolute atomic E-state index is 0.143. The molecule has 1 aliphatic heterocycles. The highest BCUT2D eigenvalue weighted by Gasteiger charge is 2.25. The lowest BCUT2D eigenvalue weighted by molar-refractivity contribution is 0.229. The molecule has 0 saturated carbocycles. The molecule has 2 rings (SSSR count). The lowest BCUT2D eigenvalue weighted by Gasteiger charge is -2.38. The number of hydrogen-bond acceptors (Lipinski definition) is 5. The van der Waals surface area contributed by atoms with Gasteiger partial charge in [0.1, 0.15) is 5.82 Å². The molecule has 1 fully saturated rings.